The second-order valence-electron chi connectivity index (χ2n) is 22.7. The van der Waals surface area contributed by atoms with Gasteiger partial charge in [-0.15, -0.1) is 0 Å². The van der Waals surface area contributed by atoms with Gasteiger partial charge in [-0.2, -0.15) is 0 Å². The van der Waals surface area contributed by atoms with Gasteiger partial charge in [0.1, 0.15) is 12.2 Å². The molecule has 10 saturated carbocycles. The van der Waals surface area contributed by atoms with Crippen LogP contribution in [0.5, 0.6) is 0 Å². The van der Waals surface area contributed by atoms with Gasteiger partial charge in [-0.05, 0) is 164 Å². The molecule has 8 bridgehead atoms. The third-order valence-electron chi connectivity index (χ3n) is 18.2. The first-order chi connectivity index (χ1) is 29.6. The number of carbonyl (C=O) groups is 2. The highest BCUT2D eigenvalue weighted by molar-refractivity contribution is 6.99. The molecule has 3 aromatic rings. The van der Waals surface area contributed by atoms with Crippen LogP contribution >= 0.6 is 0 Å². The van der Waals surface area contributed by atoms with Crippen molar-refractivity contribution in [2.45, 2.75) is 140 Å². The number of rotatable bonds is 10. The van der Waals surface area contributed by atoms with Gasteiger partial charge >= 0.3 is 11.9 Å². The van der Waals surface area contributed by atoms with Gasteiger partial charge in [0.2, 0.25) is 0 Å². The van der Waals surface area contributed by atoms with E-state index in [0.717, 1.165) is 99.9 Å². The van der Waals surface area contributed by atoms with Gasteiger partial charge in [-0.3, -0.25) is 9.59 Å². The van der Waals surface area contributed by atoms with Crippen molar-refractivity contribution in [3.63, 3.8) is 0 Å². The largest absolute Gasteiger partial charge is 0.461 e. The number of esters is 2. The van der Waals surface area contributed by atoms with Crippen LogP contribution in [0.25, 0.3) is 6.08 Å². The molecule has 0 saturated heterocycles. The van der Waals surface area contributed by atoms with Crippen LogP contribution < -0.4 is 10.4 Å². The van der Waals surface area contributed by atoms with Crippen LogP contribution in [0.1, 0.15) is 123 Å². The van der Waals surface area contributed by atoms with Crippen molar-refractivity contribution in [1.29, 1.82) is 0 Å². The van der Waals surface area contributed by atoms with Crippen molar-refractivity contribution in [1.82, 2.24) is 0 Å². The smallest absolute Gasteiger partial charge is 0.326 e. The minimum absolute atomic E-state index is 0.0695. The van der Waals surface area contributed by atoms with Gasteiger partial charge in [0.05, 0.1) is 5.60 Å². The summed E-state index contributed by atoms with van der Waals surface area (Å²) in [5.41, 5.74) is -1.62. The molecule has 3 atom stereocenters. The second-order valence-corrected chi connectivity index (χ2v) is 26.9. The predicted molar refractivity (Wildman–Crippen MR) is 243 cm³/mol. The molecule has 0 aromatic heterocycles. The van der Waals surface area contributed by atoms with Crippen LogP contribution in [0.2, 0.25) is 5.04 Å². The van der Waals surface area contributed by atoms with Gasteiger partial charge in [-0.1, -0.05) is 137 Å². The van der Waals surface area contributed by atoms with E-state index in [9.17, 15) is 0 Å². The van der Waals surface area contributed by atoms with Gasteiger partial charge in [0.25, 0.3) is 8.32 Å². The zero-order valence-electron chi connectivity index (χ0n) is 36.9. The number of carbonyl (C=O) groups excluding carboxylic acids is 2. The SMILES string of the molecule is CC(C)(C)[Si](OC12CCCCC1C(/C=C/c1ccccc1)CC2(C(=O)OC1C2CC3CC(C2)CC1C3)C(=O)OC1C2CC3CC(C2)CC1C3)(c1ccccc1)c1ccccc1. The summed E-state index contributed by atoms with van der Waals surface area (Å²) in [5.74, 6) is 3.70. The van der Waals surface area contributed by atoms with Crippen LogP contribution in [0.15, 0.2) is 97.1 Å². The minimum Gasteiger partial charge on any atom is -0.461 e. The maximum atomic E-state index is 16.4. The molecule has 61 heavy (non-hydrogen) atoms. The first-order valence-corrected chi connectivity index (χ1v) is 26.4. The van der Waals surface area contributed by atoms with Gasteiger partial charge in [0, 0.05) is 0 Å². The number of allylic oxidation sites excluding steroid dienone is 1. The lowest BCUT2D eigenvalue weighted by molar-refractivity contribution is -0.216. The van der Waals surface area contributed by atoms with Crippen molar-refractivity contribution in [3.8, 4) is 0 Å². The fourth-order valence-corrected chi connectivity index (χ4v) is 21.2. The van der Waals surface area contributed by atoms with E-state index in [4.69, 9.17) is 13.9 Å². The molecule has 10 aliphatic carbocycles. The third kappa shape index (κ3) is 6.52. The Morgan fingerprint density at radius 1 is 0.607 bits per heavy atom. The van der Waals surface area contributed by atoms with E-state index in [1.807, 2.05) is 0 Å². The fourth-order valence-electron chi connectivity index (χ4n) is 16.2. The average Bonchev–Trinajstić information content (AvgIpc) is 3.55. The van der Waals surface area contributed by atoms with E-state index in [-0.39, 0.29) is 41.0 Å². The average molecular weight is 837 g/mol. The molecular formula is C55H68O5Si. The summed E-state index contributed by atoms with van der Waals surface area (Å²) in [4.78, 5) is 32.8. The Balaban J connectivity index is 1.10. The molecule has 322 valence electrons. The number of fused-ring (bicyclic) bond motifs is 1. The highest BCUT2D eigenvalue weighted by atomic mass is 28.4. The number of ether oxygens (including phenoxy) is 2. The van der Waals surface area contributed by atoms with Gasteiger partial charge in [0.15, 0.2) is 5.41 Å². The fraction of sp³-hybridized carbons (Fsp3) is 0.600. The molecule has 0 spiro atoms. The molecule has 13 rings (SSSR count). The number of hydrogen-bond donors (Lipinski definition) is 0. The highest BCUT2D eigenvalue weighted by Gasteiger charge is 2.76. The summed E-state index contributed by atoms with van der Waals surface area (Å²) in [5, 5.41) is 1.99. The molecule has 10 aliphatic rings. The van der Waals surface area contributed by atoms with E-state index in [0.29, 0.717) is 36.5 Å². The van der Waals surface area contributed by atoms with Crippen molar-refractivity contribution in [2.24, 2.45) is 64.6 Å². The molecule has 5 nitrogen and oxygen atoms in total. The van der Waals surface area contributed by atoms with Crippen LogP contribution in [-0.4, -0.2) is 38.1 Å². The molecular weight excluding hydrogens is 769 g/mol. The molecule has 0 aliphatic heterocycles. The number of hydrogen-bond acceptors (Lipinski definition) is 5. The Morgan fingerprint density at radius 3 is 1.49 bits per heavy atom. The number of benzene rings is 3. The summed E-state index contributed by atoms with van der Waals surface area (Å²) in [6, 6.07) is 32.3. The zero-order chi connectivity index (χ0) is 41.6. The lowest BCUT2D eigenvalue weighted by Gasteiger charge is -2.57. The lowest BCUT2D eigenvalue weighted by atomic mass is 9.55. The van der Waals surface area contributed by atoms with Crippen molar-refractivity contribution in [3.05, 3.63) is 103 Å². The molecule has 3 unspecified atom stereocenters. The second kappa shape index (κ2) is 15.4. The predicted octanol–water partition coefficient (Wildman–Crippen LogP) is 10.9. The third-order valence-corrected chi connectivity index (χ3v) is 23.3. The maximum absolute atomic E-state index is 16.4. The monoisotopic (exact) mass is 836 g/mol. The van der Waals surface area contributed by atoms with Crippen molar-refractivity contribution < 1.29 is 23.5 Å². The zero-order valence-corrected chi connectivity index (χ0v) is 37.9. The van der Waals surface area contributed by atoms with E-state index >= 15 is 9.59 Å². The van der Waals surface area contributed by atoms with Crippen molar-refractivity contribution in [2.75, 3.05) is 0 Å². The Labute approximate surface area is 365 Å². The topological polar surface area (TPSA) is 61.8 Å². The first-order valence-electron chi connectivity index (χ1n) is 24.5. The van der Waals surface area contributed by atoms with E-state index in [2.05, 4.69) is 124 Å². The van der Waals surface area contributed by atoms with Crippen LogP contribution in [0.4, 0.5) is 0 Å². The van der Waals surface area contributed by atoms with E-state index in [1.54, 1.807) is 0 Å². The minimum atomic E-state index is -3.33. The summed E-state index contributed by atoms with van der Waals surface area (Å²) >= 11 is 0. The Hall–Kier alpha value is -3.48. The lowest BCUT2D eigenvalue weighted by Crippen LogP contribution is -2.74. The van der Waals surface area contributed by atoms with Gasteiger partial charge in [-0.25, -0.2) is 0 Å². The van der Waals surface area contributed by atoms with Crippen LogP contribution in [0, 0.1) is 64.6 Å². The molecule has 0 amide bonds. The molecule has 0 radical (unpaired) electrons. The normalized spacial score (nSPS) is 39.7. The summed E-state index contributed by atoms with van der Waals surface area (Å²) in [6.07, 6.45) is 19.9. The van der Waals surface area contributed by atoms with Crippen LogP contribution in [0.3, 0.4) is 0 Å². The molecule has 6 heteroatoms. The van der Waals surface area contributed by atoms with Crippen molar-refractivity contribution >= 4 is 36.7 Å². The van der Waals surface area contributed by atoms with Gasteiger partial charge < -0.3 is 13.9 Å². The van der Waals surface area contributed by atoms with E-state index < -0.39 is 19.3 Å². The summed E-state index contributed by atoms with van der Waals surface area (Å²) in [7, 11) is -3.33. The molecule has 3 aromatic carbocycles. The molecule has 0 N–H and O–H groups in total. The Morgan fingerprint density at radius 2 is 1.05 bits per heavy atom. The Bertz CT molecular complexity index is 1960. The maximum Gasteiger partial charge on any atom is 0.326 e. The Kier molecular flexibility index (Phi) is 10.1. The molecule has 10 fully saturated rings. The first kappa shape index (κ1) is 40.3. The summed E-state index contributed by atoms with van der Waals surface area (Å²) < 4.78 is 23.0. The molecule has 0 heterocycles. The standard InChI is InChI=1S/C55H68O5Si/c1-53(2,3)61(46-17-9-5-10-18-46,47-19-11-6-12-20-47)60-55-24-14-13-21-48(55)41(23-22-36-15-7-4-8-16-36)35-54(55,51(56)58-49-42-27-37-25-38(29-42)30-43(49)28-37)52(57)59-50-44-31-39-26-40(33-44)34-45(50)32-39/h4-12,15-20,22-23,37-45,48-50H,13-14,21,24-35H2,1-3H3/b23-22+. The quantitative estimate of drug-likeness (QED) is 0.116. The highest BCUT2D eigenvalue weighted by Crippen LogP contribution is 2.66. The van der Waals surface area contributed by atoms with E-state index in [1.165, 1.54) is 23.2 Å². The van der Waals surface area contributed by atoms with Crippen LogP contribution in [-0.2, 0) is 23.5 Å². The summed E-state index contributed by atoms with van der Waals surface area (Å²) in [6.45, 7) is 6.99.